The van der Waals surface area contributed by atoms with Crippen LogP contribution in [-0.4, -0.2) is 37.9 Å². The van der Waals surface area contributed by atoms with Gasteiger partial charge < -0.3 is 9.84 Å². The van der Waals surface area contributed by atoms with Crippen LogP contribution in [-0.2, 0) is 22.0 Å². The molecule has 0 bridgehead atoms. The second-order valence-corrected chi connectivity index (χ2v) is 6.29. The van der Waals surface area contributed by atoms with E-state index in [1.54, 1.807) is 0 Å². The van der Waals surface area contributed by atoms with Gasteiger partial charge in [0, 0.05) is 18.7 Å². The third-order valence-electron chi connectivity index (χ3n) is 2.37. The minimum absolute atomic E-state index is 0.172. The predicted octanol–water partition coefficient (Wildman–Crippen LogP) is 0.545. The van der Waals surface area contributed by atoms with Crippen molar-refractivity contribution in [1.82, 2.24) is 15.5 Å². The molecular weight excluding hydrogens is 242 g/mol. The number of nitrogens with one attached hydrogen (secondary N) is 1. The normalized spacial score (nSPS) is 13.8. The summed E-state index contributed by atoms with van der Waals surface area (Å²) in [5.41, 5.74) is 0. The third kappa shape index (κ3) is 5.27. The first-order valence-electron chi connectivity index (χ1n) is 5.61. The molecule has 1 N–H and O–H groups in total. The average Bonchev–Trinajstić information content (AvgIpc) is 2.62. The summed E-state index contributed by atoms with van der Waals surface area (Å²) in [5.74, 6) is 0.541. The molecule has 0 radical (unpaired) electrons. The minimum Gasteiger partial charge on any atom is -0.339 e. The first-order valence-corrected chi connectivity index (χ1v) is 7.67. The van der Waals surface area contributed by atoms with Crippen molar-refractivity contribution in [1.29, 1.82) is 0 Å². The molecule has 0 aromatic carbocycles. The predicted molar refractivity (Wildman–Crippen MR) is 64.3 cm³/mol. The van der Waals surface area contributed by atoms with Gasteiger partial charge in [-0.1, -0.05) is 18.5 Å². The maximum absolute atomic E-state index is 11.1. The maximum atomic E-state index is 11.1. The van der Waals surface area contributed by atoms with E-state index < -0.39 is 9.84 Å². The Morgan fingerprint density at radius 2 is 2.18 bits per heavy atom. The molecule has 0 amide bonds. The number of sulfone groups is 1. The first-order chi connectivity index (χ1) is 7.94. The van der Waals surface area contributed by atoms with E-state index in [0.717, 1.165) is 19.1 Å². The van der Waals surface area contributed by atoms with E-state index in [9.17, 15) is 8.42 Å². The van der Waals surface area contributed by atoms with E-state index in [2.05, 4.69) is 22.4 Å². The zero-order valence-corrected chi connectivity index (χ0v) is 11.2. The minimum atomic E-state index is -3.11. The van der Waals surface area contributed by atoms with Gasteiger partial charge in [-0.2, -0.15) is 4.98 Å². The lowest BCUT2D eigenvalue weighted by molar-refractivity contribution is 0.353. The van der Waals surface area contributed by atoms with Crippen molar-refractivity contribution in [2.24, 2.45) is 0 Å². The van der Waals surface area contributed by atoms with Crippen molar-refractivity contribution in [2.75, 3.05) is 13.3 Å². The van der Waals surface area contributed by atoms with Crippen LogP contribution in [0.1, 0.15) is 31.5 Å². The smallest absolute Gasteiger partial charge is 0.228 e. The van der Waals surface area contributed by atoms with Gasteiger partial charge in [0.1, 0.15) is 5.75 Å². The molecule has 0 saturated carbocycles. The van der Waals surface area contributed by atoms with E-state index in [1.807, 2.05) is 7.05 Å². The highest BCUT2D eigenvalue weighted by Gasteiger charge is 2.15. The van der Waals surface area contributed by atoms with Gasteiger partial charge in [-0.25, -0.2) is 8.42 Å². The lowest BCUT2D eigenvalue weighted by Gasteiger charge is -2.11. The van der Waals surface area contributed by atoms with Crippen LogP contribution in [0.4, 0.5) is 0 Å². The molecule has 0 aliphatic carbocycles. The molecule has 0 fully saturated rings. The Labute approximate surface area is 102 Å². The highest BCUT2D eigenvalue weighted by atomic mass is 32.2. The van der Waals surface area contributed by atoms with Crippen molar-refractivity contribution in [2.45, 2.75) is 38.0 Å². The Hall–Kier alpha value is -0.950. The van der Waals surface area contributed by atoms with E-state index in [-0.39, 0.29) is 17.6 Å². The number of aromatic nitrogens is 2. The average molecular weight is 261 g/mol. The van der Waals surface area contributed by atoms with E-state index in [4.69, 9.17) is 4.52 Å². The van der Waals surface area contributed by atoms with Crippen LogP contribution in [0.15, 0.2) is 4.52 Å². The van der Waals surface area contributed by atoms with Crippen LogP contribution >= 0.6 is 0 Å². The largest absolute Gasteiger partial charge is 0.339 e. The van der Waals surface area contributed by atoms with E-state index >= 15 is 0 Å². The van der Waals surface area contributed by atoms with Gasteiger partial charge >= 0.3 is 0 Å². The molecule has 98 valence electrons. The molecule has 0 saturated heterocycles. The fourth-order valence-electron chi connectivity index (χ4n) is 1.57. The molecule has 1 aromatic rings. The first kappa shape index (κ1) is 14.1. The van der Waals surface area contributed by atoms with Gasteiger partial charge in [-0.15, -0.1) is 0 Å². The summed E-state index contributed by atoms with van der Waals surface area (Å²) in [6.45, 7) is 2.10. The molecule has 1 atom stereocenters. The SMILES string of the molecule is CCCC(Cc1nc(CS(C)(=O)=O)no1)NC. The Balaban J connectivity index is 2.61. The summed E-state index contributed by atoms with van der Waals surface area (Å²) in [6.07, 6.45) is 3.85. The van der Waals surface area contributed by atoms with Gasteiger partial charge in [0.2, 0.25) is 5.89 Å². The molecule has 7 heteroatoms. The standard InChI is InChI=1S/C10H19N3O3S/c1-4-5-8(11-2)6-10-12-9(13-16-10)7-17(3,14)15/h8,11H,4-7H2,1-3H3. The number of rotatable bonds is 7. The summed E-state index contributed by atoms with van der Waals surface area (Å²) in [5, 5.41) is 6.82. The fourth-order valence-corrected chi connectivity index (χ4v) is 2.16. The van der Waals surface area contributed by atoms with Crippen molar-refractivity contribution >= 4 is 9.84 Å². The Kier molecular flexibility index (Phi) is 5.07. The van der Waals surface area contributed by atoms with Crippen molar-refractivity contribution < 1.29 is 12.9 Å². The molecular formula is C10H19N3O3S. The monoisotopic (exact) mass is 261 g/mol. The Bertz CT molecular complexity index is 441. The summed E-state index contributed by atoms with van der Waals surface area (Å²) in [6, 6.07) is 0.284. The van der Waals surface area contributed by atoms with Crippen LogP contribution in [0, 0.1) is 0 Å². The van der Waals surface area contributed by atoms with Crippen LogP contribution in [0.25, 0.3) is 0 Å². The van der Waals surface area contributed by atoms with Crippen LogP contribution in [0.3, 0.4) is 0 Å². The summed E-state index contributed by atoms with van der Waals surface area (Å²) in [4.78, 5) is 4.07. The van der Waals surface area contributed by atoms with Gasteiger partial charge in [-0.05, 0) is 13.5 Å². The number of hydrogen-bond donors (Lipinski definition) is 1. The van der Waals surface area contributed by atoms with Gasteiger partial charge in [0.25, 0.3) is 0 Å². The Morgan fingerprint density at radius 3 is 2.71 bits per heavy atom. The molecule has 6 nitrogen and oxygen atoms in total. The topological polar surface area (TPSA) is 85.1 Å². The Morgan fingerprint density at radius 1 is 1.47 bits per heavy atom. The molecule has 0 aliphatic rings. The number of likely N-dealkylation sites (N-methyl/N-ethyl adjacent to an activating group) is 1. The second kappa shape index (κ2) is 6.11. The molecule has 0 aliphatic heterocycles. The zero-order valence-electron chi connectivity index (χ0n) is 10.4. The third-order valence-corrected chi connectivity index (χ3v) is 3.15. The molecule has 1 unspecified atom stereocenters. The summed E-state index contributed by atoms with van der Waals surface area (Å²) >= 11 is 0. The van der Waals surface area contributed by atoms with Crippen molar-refractivity contribution in [3.05, 3.63) is 11.7 Å². The quantitative estimate of drug-likeness (QED) is 0.771. The lowest BCUT2D eigenvalue weighted by atomic mass is 10.1. The van der Waals surface area contributed by atoms with E-state index in [0.29, 0.717) is 12.3 Å². The van der Waals surface area contributed by atoms with Crippen LogP contribution in [0.2, 0.25) is 0 Å². The van der Waals surface area contributed by atoms with E-state index in [1.165, 1.54) is 0 Å². The maximum Gasteiger partial charge on any atom is 0.228 e. The number of hydrogen-bond acceptors (Lipinski definition) is 6. The van der Waals surface area contributed by atoms with Crippen LogP contribution < -0.4 is 5.32 Å². The summed E-state index contributed by atoms with van der Waals surface area (Å²) in [7, 11) is -1.23. The fraction of sp³-hybridized carbons (Fsp3) is 0.800. The van der Waals surface area contributed by atoms with Crippen molar-refractivity contribution in [3.63, 3.8) is 0 Å². The highest BCUT2D eigenvalue weighted by molar-refractivity contribution is 7.89. The molecule has 1 rings (SSSR count). The second-order valence-electron chi connectivity index (χ2n) is 4.15. The van der Waals surface area contributed by atoms with Gasteiger partial charge in [0.05, 0.1) is 0 Å². The molecule has 1 aromatic heterocycles. The molecule has 0 spiro atoms. The zero-order chi connectivity index (χ0) is 12.9. The molecule has 17 heavy (non-hydrogen) atoms. The highest BCUT2D eigenvalue weighted by Crippen LogP contribution is 2.07. The van der Waals surface area contributed by atoms with Crippen molar-refractivity contribution in [3.8, 4) is 0 Å². The summed E-state index contributed by atoms with van der Waals surface area (Å²) < 4.78 is 27.1. The van der Waals surface area contributed by atoms with Crippen LogP contribution in [0.5, 0.6) is 0 Å². The lowest BCUT2D eigenvalue weighted by Crippen LogP contribution is -2.27. The molecule has 1 heterocycles. The number of nitrogens with zero attached hydrogens (tertiary/aromatic N) is 2. The van der Waals surface area contributed by atoms with Gasteiger partial charge in [0.15, 0.2) is 15.7 Å². The van der Waals surface area contributed by atoms with Gasteiger partial charge in [-0.3, -0.25) is 0 Å².